The predicted octanol–water partition coefficient (Wildman–Crippen LogP) is 1.57. The number of piperazine rings is 2. The van der Waals surface area contributed by atoms with Crippen molar-refractivity contribution in [1.29, 1.82) is 0 Å². The van der Waals surface area contributed by atoms with Crippen molar-refractivity contribution in [2.45, 2.75) is 56.4 Å². The molecule has 2 aliphatic rings. The summed E-state index contributed by atoms with van der Waals surface area (Å²) in [7, 11) is 7.20. The molecular weight excluding hydrogens is 424 g/mol. The second-order valence-corrected chi connectivity index (χ2v) is 14.6. The predicted molar refractivity (Wildman–Crippen MR) is 135 cm³/mol. The minimum atomic E-state index is -2.36. The molecule has 0 aromatic carbocycles. The number of likely N-dealkylation sites (N-methyl/N-ethyl adjacent to an activating group) is 2. The van der Waals surface area contributed by atoms with Crippen LogP contribution >= 0.6 is 0 Å². The number of rotatable bonds is 15. The average Bonchev–Trinajstić information content (AvgIpc) is 2.80. The highest BCUT2D eigenvalue weighted by atomic mass is 28.4. The first kappa shape index (κ1) is 27.4. The quantitative estimate of drug-likeness (QED) is 0.264. The summed E-state index contributed by atoms with van der Waals surface area (Å²) in [5.74, 6) is 0.789. The van der Waals surface area contributed by atoms with Crippen LogP contribution in [0.3, 0.4) is 0 Å². The molecule has 31 heavy (non-hydrogen) atoms. The van der Waals surface area contributed by atoms with E-state index in [0.29, 0.717) is 0 Å². The smallest absolute Gasteiger partial charge is 0.377 e. The van der Waals surface area contributed by atoms with Crippen molar-refractivity contribution in [2.24, 2.45) is 0 Å². The van der Waals surface area contributed by atoms with Crippen LogP contribution in [0.2, 0.25) is 12.1 Å². The highest BCUT2D eigenvalue weighted by molar-refractivity contribution is 6.60. The van der Waals surface area contributed by atoms with E-state index in [-0.39, 0.29) is 9.52 Å². The van der Waals surface area contributed by atoms with E-state index >= 15 is 0 Å². The van der Waals surface area contributed by atoms with Gasteiger partial charge in [0, 0.05) is 85.5 Å². The van der Waals surface area contributed by atoms with Crippen molar-refractivity contribution < 1.29 is 13.3 Å². The van der Waals surface area contributed by atoms with E-state index in [9.17, 15) is 0 Å². The molecule has 2 fully saturated rings. The molecule has 0 aliphatic carbocycles. The molecule has 9 heteroatoms. The molecule has 2 heterocycles. The van der Waals surface area contributed by atoms with Gasteiger partial charge in [-0.15, -0.1) is 0 Å². The number of hydrogen-bond acceptors (Lipinski definition) is 7. The van der Waals surface area contributed by atoms with Crippen LogP contribution in [0.5, 0.6) is 0 Å². The lowest BCUT2D eigenvalue weighted by Crippen LogP contribution is -2.61. The van der Waals surface area contributed by atoms with Gasteiger partial charge in [-0.2, -0.15) is 0 Å². The van der Waals surface area contributed by atoms with Gasteiger partial charge in [0.25, 0.3) is 0 Å². The van der Waals surface area contributed by atoms with Crippen molar-refractivity contribution in [3.8, 4) is 0 Å². The van der Waals surface area contributed by atoms with Crippen molar-refractivity contribution >= 4 is 18.3 Å². The zero-order valence-corrected chi connectivity index (χ0v) is 23.5. The Hall–Kier alpha value is 0.154. The van der Waals surface area contributed by atoms with Gasteiger partial charge in [-0.1, -0.05) is 38.1 Å². The van der Waals surface area contributed by atoms with Gasteiger partial charge in [0.15, 0.2) is 0 Å². The number of nitrogens with zero attached hydrogens (tertiary/aromatic N) is 4. The van der Waals surface area contributed by atoms with E-state index in [1.807, 2.05) is 0 Å². The summed E-state index contributed by atoms with van der Waals surface area (Å²) >= 11 is 0. The zero-order valence-electron chi connectivity index (χ0n) is 21.1. The van der Waals surface area contributed by atoms with E-state index in [2.05, 4.69) is 33.7 Å². The summed E-state index contributed by atoms with van der Waals surface area (Å²) in [5.41, 5.74) is 0. The molecule has 0 bridgehead atoms. The molecule has 0 aromatic heterocycles. The third kappa shape index (κ3) is 9.50. The highest BCUT2D eigenvalue weighted by Crippen LogP contribution is 2.19. The third-order valence-electron chi connectivity index (χ3n) is 7.30. The maximum absolute atomic E-state index is 5.52. The third-order valence-corrected chi connectivity index (χ3v) is 12.6. The molecule has 2 saturated heterocycles. The fraction of sp³-hybridized carbons (Fsp3) is 1.00. The topological polar surface area (TPSA) is 40.7 Å². The van der Waals surface area contributed by atoms with Crippen LogP contribution in [0.4, 0.5) is 0 Å². The second-order valence-electron chi connectivity index (χ2n) is 9.47. The van der Waals surface area contributed by atoms with Gasteiger partial charge in [0.05, 0.1) is 9.52 Å². The molecule has 0 amide bonds. The Kier molecular flexibility index (Phi) is 13.4. The Labute approximate surface area is 195 Å². The first-order valence-electron chi connectivity index (χ1n) is 12.5. The fourth-order valence-electron chi connectivity index (χ4n) is 4.94. The van der Waals surface area contributed by atoms with Crippen molar-refractivity contribution in [1.82, 2.24) is 19.6 Å². The maximum atomic E-state index is 5.52. The Morgan fingerprint density at radius 1 is 0.645 bits per heavy atom. The van der Waals surface area contributed by atoms with Gasteiger partial charge >= 0.3 is 8.80 Å². The number of hydrogen-bond donors (Lipinski definition) is 0. The lowest BCUT2D eigenvalue weighted by Gasteiger charge is -2.46. The summed E-state index contributed by atoms with van der Waals surface area (Å²) in [6, 6.07) is 2.43. The molecule has 0 unspecified atom stereocenters. The van der Waals surface area contributed by atoms with Crippen molar-refractivity contribution in [3.05, 3.63) is 0 Å². The molecule has 0 radical (unpaired) electrons. The SMILES string of the molecule is CO[Si](CCCCCCCC[SiH2]C(N1CCN(C)CC1)N1CCN(C)CC1)(OC)OC. The Balaban J connectivity index is 1.62. The minimum absolute atomic E-state index is 0.0996. The van der Waals surface area contributed by atoms with E-state index in [1.54, 1.807) is 21.3 Å². The van der Waals surface area contributed by atoms with Crippen LogP contribution in [0, 0.1) is 0 Å². The maximum Gasteiger partial charge on any atom is 0.500 e. The zero-order chi connectivity index (χ0) is 22.5. The van der Waals surface area contributed by atoms with Gasteiger partial charge in [-0.05, 0) is 20.5 Å². The summed E-state index contributed by atoms with van der Waals surface area (Å²) < 4.78 is 16.5. The van der Waals surface area contributed by atoms with E-state index in [1.165, 1.54) is 90.5 Å². The molecule has 0 aromatic rings. The standard InChI is InChI=1S/C22H50N4O3Si2/c1-23-12-16-25(17-13-23)22(26-18-14-24(2)15-19-26)30-20-10-8-6-7-9-11-21-31(27-3,28-4)29-5/h22H,6-21,30H2,1-5H3. The molecule has 0 atom stereocenters. The van der Waals surface area contributed by atoms with Crippen LogP contribution in [-0.4, -0.2) is 131 Å². The van der Waals surface area contributed by atoms with Crippen molar-refractivity contribution in [2.75, 3.05) is 87.8 Å². The molecule has 2 aliphatic heterocycles. The Morgan fingerprint density at radius 2 is 1.06 bits per heavy atom. The Morgan fingerprint density at radius 3 is 1.52 bits per heavy atom. The second kappa shape index (κ2) is 15.1. The first-order valence-corrected chi connectivity index (χ1v) is 16.3. The van der Waals surface area contributed by atoms with Crippen LogP contribution in [-0.2, 0) is 13.3 Å². The molecule has 2 rings (SSSR count). The first-order chi connectivity index (χ1) is 15.0. The minimum Gasteiger partial charge on any atom is -0.377 e. The van der Waals surface area contributed by atoms with E-state index in [4.69, 9.17) is 13.3 Å². The number of unbranched alkanes of at least 4 members (excludes halogenated alkanes) is 5. The molecule has 7 nitrogen and oxygen atoms in total. The molecule has 0 N–H and O–H groups in total. The Bertz CT molecular complexity index is 428. The summed E-state index contributed by atoms with van der Waals surface area (Å²) in [4.78, 5) is 10.6. The van der Waals surface area contributed by atoms with Crippen LogP contribution in [0.25, 0.3) is 0 Å². The largest absolute Gasteiger partial charge is 0.500 e. The molecule has 184 valence electrons. The van der Waals surface area contributed by atoms with Gasteiger partial charge in [0.1, 0.15) is 0 Å². The summed E-state index contributed by atoms with van der Waals surface area (Å²) in [6.07, 6.45) is 7.91. The van der Waals surface area contributed by atoms with Gasteiger partial charge in [-0.25, -0.2) is 0 Å². The fourth-order valence-corrected chi connectivity index (χ4v) is 9.21. The van der Waals surface area contributed by atoms with Crippen LogP contribution in [0.15, 0.2) is 0 Å². The summed E-state index contributed by atoms with van der Waals surface area (Å²) in [6.45, 7) is 9.98. The van der Waals surface area contributed by atoms with Gasteiger partial charge in [-0.3, -0.25) is 9.80 Å². The normalized spacial score (nSPS) is 21.1. The van der Waals surface area contributed by atoms with Crippen LogP contribution < -0.4 is 0 Å². The van der Waals surface area contributed by atoms with Crippen molar-refractivity contribution in [3.63, 3.8) is 0 Å². The van der Waals surface area contributed by atoms with E-state index < -0.39 is 8.80 Å². The van der Waals surface area contributed by atoms with Crippen LogP contribution in [0.1, 0.15) is 38.5 Å². The van der Waals surface area contributed by atoms with Gasteiger partial charge < -0.3 is 23.1 Å². The van der Waals surface area contributed by atoms with E-state index in [0.717, 1.165) is 18.3 Å². The monoisotopic (exact) mass is 474 g/mol. The lowest BCUT2D eigenvalue weighted by atomic mass is 10.1. The highest BCUT2D eigenvalue weighted by Gasteiger charge is 2.36. The lowest BCUT2D eigenvalue weighted by molar-refractivity contribution is 0.0311. The van der Waals surface area contributed by atoms with Gasteiger partial charge in [0.2, 0.25) is 0 Å². The molecule has 0 spiro atoms. The molecular formula is C22H50N4O3Si2. The summed E-state index contributed by atoms with van der Waals surface area (Å²) in [5, 5.41) is 0. The average molecular weight is 475 g/mol. The molecule has 0 saturated carbocycles.